The normalized spacial score (nSPS) is 21.0. The summed E-state index contributed by atoms with van der Waals surface area (Å²) in [5.74, 6) is 0.458. The van der Waals surface area contributed by atoms with Crippen LogP contribution < -0.4 is 5.73 Å². The molecule has 18 heavy (non-hydrogen) atoms. The van der Waals surface area contributed by atoms with Crippen LogP contribution in [0.1, 0.15) is 25.7 Å². The molecule has 0 radical (unpaired) electrons. The minimum Gasteiger partial charge on any atom is -0.481 e. The third-order valence-electron chi connectivity index (χ3n) is 3.31. The van der Waals surface area contributed by atoms with Crippen LogP contribution in [0.4, 0.5) is 0 Å². The third kappa shape index (κ3) is 4.86. The number of carbonyl (C=O) groups is 2. The van der Waals surface area contributed by atoms with Crippen molar-refractivity contribution in [2.45, 2.75) is 31.7 Å². The van der Waals surface area contributed by atoms with Crippen LogP contribution in [-0.2, 0) is 9.59 Å². The molecule has 1 rings (SSSR count). The molecule has 1 aliphatic rings. The molecule has 1 amide bonds. The van der Waals surface area contributed by atoms with Crippen molar-refractivity contribution in [3.05, 3.63) is 0 Å². The first-order chi connectivity index (χ1) is 8.54. The molecular formula is C12H22N2O3S. The molecule has 1 aliphatic heterocycles. The van der Waals surface area contributed by atoms with Gasteiger partial charge in [0, 0.05) is 19.5 Å². The van der Waals surface area contributed by atoms with Gasteiger partial charge in [0.2, 0.25) is 5.91 Å². The Bertz CT molecular complexity index is 299. The van der Waals surface area contributed by atoms with E-state index in [0.29, 0.717) is 25.3 Å². The van der Waals surface area contributed by atoms with E-state index in [2.05, 4.69) is 0 Å². The maximum Gasteiger partial charge on any atom is 0.303 e. The minimum absolute atomic E-state index is 0.0156. The number of hydrogen-bond acceptors (Lipinski definition) is 4. The fraction of sp³-hybridized carbons (Fsp3) is 0.833. The van der Waals surface area contributed by atoms with Gasteiger partial charge in [-0.1, -0.05) is 0 Å². The van der Waals surface area contributed by atoms with Crippen molar-refractivity contribution < 1.29 is 14.7 Å². The first kappa shape index (κ1) is 15.3. The number of carbonyl (C=O) groups excluding carboxylic acids is 1. The average molecular weight is 274 g/mol. The lowest BCUT2D eigenvalue weighted by Crippen LogP contribution is -2.43. The zero-order chi connectivity index (χ0) is 13.5. The Morgan fingerprint density at radius 2 is 2.28 bits per heavy atom. The van der Waals surface area contributed by atoms with Gasteiger partial charge in [-0.25, -0.2) is 0 Å². The number of likely N-dealkylation sites (tertiary alicyclic amines) is 1. The largest absolute Gasteiger partial charge is 0.481 e. The summed E-state index contributed by atoms with van der Waals surface area (Å²) < 4.78 is 0. The molecular weight excluding hydrogens is 252 g/mol. The first-order valence-corrected chi connectivity index (χ1v) is 7.69. The molecule has 0 aromatic rings. The number of thioether (sulfide) groups is 1. The summed E-state index contributed by atoms with van der Waals surface area (Å²) in [5.41, 5.74) is 5.85. The number of rotatable bonds is 7. The van der Waals surface area contributed by atoms with E-state index in [1.807, 2.05) is 6.26 Å². The van der Waals surface area contributed by atoms with Gasteiger partial charge in [-0.2, -0.15) is 11.8 Å². The number of hydrogen-bond donors (Lipinski definition) is 2. The fourth-order valence-corrected chi connectivity index (χ4v) is 2.69. The fourth-order valence-electron chi connectivity index (χ4n) is 2.20. The van der Waals surface area contributed by atoms with E-state index in [-0.39, 0.29) is 12.3 Å². The Morgan fingerprint density at radius 3 is 2.89 bits per heavy atom. The molecule has 0 spiro atoms. The Hall–Kier alpha value is -0.750. The van der Waals surface area contributed by atoms with E-state index in [0.717, 1.165) is 18.7 Å². The van der Waals surface area contributed by atoms with Crippen molar-refractivity contribution in [1.29, 1.82) is 0 Å². The molecule has 1 fully saturated rings. The molecule has 0 saturated carbocycles. The summed E-state index contributed by atoms with van der Waals surface area (Å²) in [7, 11) is 0. The highest BCUT2D eigenvalue weighted by atomic mass is 32.2. The van der Waals surface area contributed by atoms with Gasteiger partial charge < -0.3 is 15.7 Å². The van der Waals surface area contributed by atoms with Crippen molar-refractivity contribution in [3.63, 3.8) is 0 Å². The SMILES string of the molecule is CSCC[C@H](N)C(=O)N1CCC(CCC(=O)O)C1. The molecule has 1 heterocycles. The van der Waals surface area contributed by atoms with Gasteiger partial charge in [-0.05, 0) is 37.2 Å². The maximum atomic E-state index is 12.0. The van der Waals surface area contributed by atoms with Crippen molar-refractivity contribution in [2.24, 2.45) is 11.7 Å². The summed E-state index contributed by atoms with van der Waals surface area (Å²) in [4.78, 5) is 24.3. The van der Waals surface area contributed by atoms with Crippen LogP contribution in [0.25, 0.3) is 0 Å². The number of aliphatic carboxylic acids is 1. The van der Waals surface area contributed by atoms with E-state index in [1.54, 1.807) is 16.7 Å². The van der Waals surface area contributed by atoms with Gasteiger partial charge in [0.1, 0.15) is 0 Å². The standard InChI is InChI=1S/C12H22N2O3S/c1-18-7-5-10(13)12(17)14-6-4-9(8-14)2-3-11(15)16/h9-10H,2-8,13H2,1H3,(H,15,16)/t9?,10-/m0/s1. The highest BCUT2D eigenvalue weighted by Crippen LogP contribution is 2.21. The minimum atomic E-state index is -0.767. The molecule has 0 aromatic carbocycles. The van der Waals surface area contributed by atoms with Gasteiger partial charge in [0.15, 0.2) is 0 Å². The van der Waals surface area contributed by atoms with Gasteiger partial charge >= 0.3 is 5.97 Å². The number of amides is 1. The maximum absolute atomic E-state index is 12.0. The molecule has 0 aromatic heterocycles. The van der Waals surface area contributed by atoms with E-state index in [1.165, 1.54) is 0 Å². The monoisotopic (exact) mass is 274 g/mol. The number of carboxylic acid groups (broad SMARTS) is 1. The third-order valence-corrected chi connectivity index (χ3v) is 3.96. The second-order valence-electron chi connectivity index (χ2n) is 4.76. The second-order valence-corrected chi connectivity index (χ2v) is 5.74. The van der Waals surface area contributed by atoms with Crippen molar-refractivity contribution >= 4 is 23.6 Å². The zero-order valence-electron chi connectivity index (χ0n) is 10.8. The smallest absolute Gasteiger partial charge is 0.303 e. The van der Waals surface area contributed by atoms with E-state index in [9.17, 15) is 9.59 Å². The van der Waals surface area contributed by atoms with Crippen molar-refractivity contribution in [2.75, 3.05) is 25.1 Å². The van der Waals surface area contributed by atoms with Crippen molar-refractivity contribution in [3.8, 4) is 0 Å². The van der Waals surface area contributed by atoms with E-state index in [4.69, 9.17) is 10.8 Å². The molecule has 104 valence electrons. The van der Waals surface area contributed by atoms with Crippen LogP contribution in [-0.4, -0.2) is 53.0 Å². The number of nitrogens with two attached hydrogens (primary N) is 1. The predicted molar refractivity (Wildman–Crippen MR) is 72.5 cm³/mol. The molecule has 0 aliphatic carbocycles. The van der Waals surface area contributed by atoms with Crippen molar-refractivity contribution in [1.82, 2.24) is 4.90 Å². The summed E-state index contributed by atoms with van der Waals surface area (Å²) in [5, 5.41) is 8.63. The molecule has 5 nitrogen and oxygen atoms in total. The van der Waals surface area contributed by atoms with Crippen LogP contribution in [0.3, 0.4) is 0 Å². The Balaban J connectivity index is 2.31. The predicted octanol–water partition coefficient (Wildman–Crippen LogP) is 0.780. The molecule has 3 N–H and O–H groups in total. The van der Waals surface area contributed by atoms with Crippen LogP contribution in [0.5, 0.6) is 0 Å². The Labute approximate surface area is 112 Å². The van der Waals surface area contributed by atoms with Crippen LogP contribution in [0.2, 0.25) is 0 Å². The Morgan fingerprint density at radius 1 is 1.56 bits per heavy atom. The van der Waals surface area contributed by atoms with Crippen LogP contribution in [0, 0.1) is 5.92 Å². The summed E-state index contributed by atoms with van der Waals surface area (Å²) >= 11 is 1.69. The highest BCUT2D eigenvalue weighted by Gasteiger charge is 2.29. The molecule has 2 atom stereocenters. The van der Waals surface area contributed by atoms with Crippen LogP contribution >= 0.6 is 11.8 Å². The second kappa shape index (κ2) is 7.63. The quantitative estimate of drug-likeness (QED) is 0.717. The highest BCUT2D eigenvalue weighted by molar-refractivity contribution is 7.98. The molecule has 1 saturated heterocycles. The van der Waals surface area contributed by atoms with Crippen LogP contribution in [0.15, 0.2) is 0 Å². The van der Waals surface area contributed by atoms with E-state index < -0.39 is 12.0 Å². The lowest BCUT2D eigenvalue weighted by molar-refractivity contribution is -0.137. The molecule has 6 heteroatoms. The summed E-state index contributed by atoms with van der Waals surface area (Å²) in [6.07, 6.45) is 4.43. The summed E-state index contributed by atoms with van der Waals surface area (Å²) in [6, 6.07) is -0.407. The number of carboxylic acids is 1. The topological polar surface area (TPSA) is 83.6 Å². The lowest BCUT2D eigenvalue weighted by atomic mass is 10.0. The van der Waals surface area contributed by atoms with Gasteiger partial charge in [0.05, 0.1) is 6.04 Å². The van der Waals surface area contributed by atoms with Gasteiger partial charge in [0.25, 0.3) is 0 Å². The summed E-state index contributed by atoms with van der Waals surface area (Å²) in [6.45, 7) is 1.38. The Kier molecular flexibility index (Phi) is 6.49. The van der Waals surface area contributed by atoms with Gasteiger partial charge in [-0.3, -0.25) is 9.59 Å². The average Bonchev–Trinajstić information content (AvgIpc) is 2.81. The molecule has 1 unspecified atom stereocenters. The first-order valence-electron chi connectivity index (χ1n) is 6.29. The lowest BCUT2D eigenvalue weighted by Gasteiger charge is -2.20. The number of nitrogens with zero attached hydrogens (tertiary/aromatic N) is 1. The van der Waals surface area contributed by atoms with E-state index >= 15 is 0 Å². The molecule has 0 bridgehead atoms. The zero-order valence-corrected chi connectivity index (χ0v) is 11.6. The van der Waals surface area contributed by atoms with Gasteiger partial charge in [-0.15, -0.1) is 0 Å².